The summed E-state index contributed by atoms with van der Waals surface area (Å²) in [7, 11) is 0. The van der Waals surface area contributed by atoms with Crippen molar-refractivity contribution in [1.82, 2.24) is 5.32 Å². The molecule has 1 N–H and O–H groups in total. The van der Waals surface area contributed by atoms with Gasteiger partial charge in [-0.1, -0.05) is 30.2 Å². The number of halogens is 1. The maximum absolute atomic E-state index is 12.1. The van der Waals surface area contributed by atoms with Gasteiger partial charge in [0, 0.05) is 11.9 Å². The van der Waals surface area contributed by atoms with Gasteiger partial charge in [0.05, 0.1) is 6.42 Å². The molecule has 2 nitrogen and oxygen atoms in total. The molecule has 0 radical (unpaired) electrons. The maximum Gasteiger partial charge on any atom is 0.224 e. The number of alkyl halides is 1. The SMILES string of the molecule is Cc1ccc(C)c(CC(=O)NC2CCCC2CCl)c1. The Kier molecular flexibility index (Phi) is 4.87. The summed E-state index contributed by atoms with van der Waals surface area (Å²) in [4.78, 5) is 12.1. The Balaban J connectivity index is 1.95. The Morgan fingerprint density at radius 3 is 2.89 bits per heavy atom. The summed E-state index contributed by atoms with van der Waals surface area (Å²) in [6, 6.07) is 6.53. The summed E-state index contributed by atoms with van der Waals surface area (Å²) >= 11 is 5.94. The van der Waals surface area contributed by atoms with Crippen molar-refractivity contribution in [3.8, 4) is 0 Å². The van der Waals surface area contributed by atoms with Crippen LogP contribution in [-0.2, 0) is 11.2 Å². The van der Waals surface area contributed by atoms with E-state index in [1.165, 1.54) is 17.5 Å². The zero-order valence-corrected chi connectivity index (χ0v) is 12.5. The minimum Gasteiger partial charge on any atom is -0.353 e. The topological polar surface area (TPSA) is 29.1 Å². The monoisotopic (exact) mass is 279 g/mol. The Morgan fingerprint density at radius 2 is 2.16 bits per heavy atom. The molecule has 19 heavy (non-hydrogen) atoms. The second-order valence-corrected chi connectivity index (χ2v) is 5.93. The van der Waals surface area contributed by atoms with Crippen LogP contribution in [0.5, 0.6) is 0 Å². The zero-order valence-electron chi connectivity index (χ0n) is 11.7. The molecule has 0 bridgehead atoms. The molecule has 3 heteroatoms. The van der Waals surface area contributed by atoms with E-state index in [1.807, 2.05) is 0 Å². The van der Waals surface area contributed by atoms with Gasteiger partial charge in [0.2, 0.25) is 5.91 Å². The van der Waals surface area contributed by atoms with E-state index in [2.05, 4.69) is 37.4 Å². The highest BCUT2D eigenvalue weighted by atomic mass is 35.5. The van der Waals surface area contributed by atoms with Gasteiger partial charge in [0.15, 0.2) is 0 Å². The Morgan fingerprint density at radius 1 is 1.37 bits per heavy atom. The average Bonchev–Trinajstić information content (AvgIpc) is 2.81. The van der Waals surface area contributed by atoms with Crippen molar-refractivity contribution in [3.63, 3.8) is 0 Å². The number of aryl methyl sites for hydroxylation is 2. The van der Waals surface area contributed by atoms with Gasteiger partial charge < -0.3 is 5.32 Å². The van der Waals surface area contributed by atoms with Gasteiger partial charge in [-0.3, -0.25) is 4.79 Å². The van der Waals surface area contributed by atoms with Crippen LogP contribution < -0.4 is 5.32 Å². The van der Waals surface area contributed by atoms with Crippen molar-refractivity contribution in [2.24, 2.45) is 5.92 Å². The fraction of sp³-hybridized carbons (Fsp3) is 0.562. The van der Waals surface area contributed by atoms with Crippen LogP contribution in [0.15, 0.2) is 18.2 Å². The van der Waals surface area contributed by atoms with Gasteiger partial charge in [-0.15, -0.1) is 11.6 Å². The molecular formula is C16H22ClNO. The van der Waals surface area contributed by atoms with Crippen molar-refractivity contribution in [3.05, 3.63) is 34.9 Å². The van der Waals surface area contributed by atoms with E-state index < -0.39 is 0 Å². The first-order valence-corrected chi connectivity index (χ1v) is 7.55. The van der Waals surface area contributed by atoms with Crippen molar-refractivity contribution in [2.75, 3.05) is 5.88 Å². The van der Waals surface area contributed by atoms with Crippen LogP contribution in [0.3, 0.4) is 0 Å². The Bertz CT molecular complexity index is 458. The summed E-state index contributed by atoms with van der Waals surface area (Å²) in [5, 5.41) is 3.15. The molecule has 1 aliphatic carbocycles. The van der Waals surface area contributed by atoms with Gasteiger partial charge in [-0.05, 0) is 43.7 Å². The summed E-state index contributed by atoms with van der Waals surface area (Å²) in [5.74, 6) is 1.22. The van der Waals surface area contributed by atoms with E-state index in [0.29, 0.717) is 18.2 Å². The highest BCUT2D eigenvalue weighted by molar-refractivity contribution is 6.18. The van der Waals surface area contributed by atoms with Crippen LogP contribution in [0.25, 0.3) is 0 Å². The zero-order chi connectivity index (χ0) is 13.8. The third-order valence-electron chi connectivity index (χ3n) is 4.06. The van der Waals surface area contributed by atoms with Crippen LogP contribution in [0.2, 0.25) is 0 Å². The van der Waals surface area contributed by atoms with Crippen LogP contribution in [0.1, 0.15) is 36.0 Å². The molecular weight excluding hydrogens is 258 g/mol. The van der Waals surface area contributed by atoms with Crippen LogP contribution in [0.4, 0.5) is 0 Å². The highest BCUT2D eigenvalue weighted by Crippen LogP contribution is 2.26. The molecule has 2 unspecified atom stereocenters. The number of rotatable bonds is 4. The standard InChI is InChI=1S/C16H22ClNO/c1-11-6-7-12(2)14(8-11)9-16(19)18-15-5-3-4-13(15)10-17/h6-8,13,15H,3-5,9-10H2,1-2H3,(H,18,19). The van der Waals surface area contributed by atoms with Crippen molar-refractivity contribution < 1.29 is 4.79 Å². The fourth-order valence-corrected chi connectivity index (χ4v) is 3.20. The van der Waals surface area contributed by atoms with Crippen LogP contribution >= 0.6 is 11.6 Å². The molecule has 1 aliphatic rings. The first kappa shape index (κ1) is 14.4. The minimum absolute atomic E-state index is 0.121. The Labute approximate surface area is 120 Å². The van der Waals surface area contributed by atoms with E-state index in [1.54, 1.807) is 0 Å². The molecule has 1 aromatic carbocycles. The van der Waals surface area contributed by atoms with Gasteiger partial charge in [-0.2, -0.15) is 0 Å². The lowest BCUT2D eigenvalue weighted by molar-refractivity contribution is -0.121. The minimum atomic E-state index is 0.121. The molecule has 1 aromatic rings. The molecule has 2 rings (SSSR count). The molecule has 1 saturated carbocycles. The van der Waals surface area contributed by atoms with Gasteiger partial charge >= 0.3 is 0 Å². The van der Waals surface area contributed by atoms with Crippen LogP contribution in [-0.4, -0.2) is 17.8 Å². The highest BCUT2D eigenvalue weighted by Gasteiger charge is 2.27. The Hall–Kier alpha value is -1.02. The first-order chi connectivity index (χ1) is 9.10. The third-order valence-corrected chi connectivity index (χ3v) is 4.46. The van der Waals surface area contributed by atoms with Crippen molar-refractivity contribution in [2.45, 2.75) is 45.6 Å². The smallest absolute Gasteiger partial charge is 0.224 e. The molecule has 1 amide bonds. The lowest BCUT2D eigenvalue weighted by atomic mass is 10.0. The maximum atomic E-state index is 12.1. The molecule has 1 fully saturated rings. The normalized spacial score (nSPS) is 22.5. The van der Waals surface area contributed by atoms with E-state index in [4.69, 9.17) is 11.6 Å². The van der Waals surface area contributed by atoms with E-state index in [0.717, 1.165) is 18.4 Å². The van der Waals surface area contributed by atoms with E-state index in [-0.39, 0.29) is 11.9 Å². The number of carbonyl (C=O) groups is 1. The van der Waals surface area contributed by atoms with Gasteiger partial charge in [-0.25, -0.2) is 0 Å². The fourth-order valence-electron chi connectivity index (χ4n) is 2.83. The first-order valence-electron chi connectivity index (χ1n) is 7.01. The summed E-state index contributed by atoms with van der Waals surface area (Å²) in [6.07, 6.45) is 3.85. The summed E-state index contributed by atoms with van der Waals surface area (Å²) in [6.45, 7) is 4.11. The lowest BCUT2D eigenvalue weighted by Crippen LogP contribution is -2.38. The number of hydrogen-bond acceptors (Lipinski definition) is 1. The van der Waals surface area contributed by atoms with E-state index in [9.17, 15) is 4.79 Å². The number of amides is 1. The van der Waals surface area contributed by atoms with Crippen molar-refractivity contribution in [1.29, 1.82) is 0 Å². The third kappa shape index (κ3) is 3.73. The largest absolute Gasteiger partial charge is 0.353 e. The average molecular weight is 280 g/mol. The molecule has 0 aromatic heterocycles. The molecule has 0 saturated heterocycles. The lowest BCUT2D eigenvalue weighted by Gasteiger charge is -2.19. The summed E-state index contributed by atoms with van der Waals surface area (Å²) < 4.78 is 0. The van der Waals surface area contributed by atoms with Crippen molar-refractivity contribution >= 4 is 17.5 Å². The number of hydrogen-bond donors (Lipinski definition) is 1. The quantitative estimate of drug-likeness (QED) is 0.841. The predicted molar refractivity (Wildman–Crippen MR) is 79.6 cm³/mol. The second kappa shape index (κ2) is 6.42. The van der Waals surface area contributed by atoms with Gasteiger partial charge in [0.1, 0.15) is 0 Å². The van der Waals surface area contributed by atoms with E-state index >= 15 is 0 Å². The summed E-state index contributed by atoms with van der Waals surface area (Å²) in [5.41, 5.74) is 3.51. The molecule has 2 atom stereocenters. The molecule has 104 valence electrons. The molecule has 0 spiro atoms. The van der Waals surface area contributed by atoms with Crippen LogP contribution in [0, 0.1) is 19.8 Å². The second-order valence-electron chi connectivity index (χ2n) is 5.63. The molecule has 0 heterocycles. The number of benzene rings is 1. The molecule has 0 aliphatic heterocycles. The number of carbonyl (C=O) groups excluding carboxylic acids is 1. The number of nitrogens with one attached hydrogen (secondary N) is 1. The van der Waals surface area contributed by atoms with Gasteiger partial charge in [0.25, 0.3) is 0 Å². The predicted octanol–water partition coefficient (Wildman–Crippen LogP) is 3.37.